The van der Waals surface area contributed by atoms with Crippen molar-refractivity contribution in [3.05, 3.63) is 10.6 Å². The van der Waals surface area contributed by atoms with E-state index in [1.54, 1.807) is 7.11 Å². The molecule has 0 aliphatic rings. The molecule has 0 saturated heterocycles. The lowest BCUT2D eigenvalue weighted by Crippen LogP contribution is -2.30. The van der Waals surface area contributed by atoms with Crippen LogP contribution in [-0.4, -0.2) is 38.3 Å². The van der Waals surface area contributed by atoms with E-state index in [2.05, 4.69) is 44.8 Å². The van der Waals surface area contributed by atoms with Crippen LogP contribution in [0.25, 0.3) is 0 Å². The number of nitrogens with one attached hydrogen (secondary N) is 1. The maximum atomic E-state index is 5.24. The average Bonchev–Trinajstić information content (AvgIpc) is 2.82. The van der Waals surface area contributed by atoms with Crippen LogP contribution in [0.3, 0.4) is 0 Å². The second-order valence-corrected chi connectivity index (χ2v) is 6.96. The van der Waals surface area contributed by atoms with Crippen LogP contribution in [0.2, 0.25) is 0 Å². The first kappa shape index (κ1) is 18.4. The molecule has 0 aliphatic carbocycles. The Labute approximate surface area is 133 Å². The van der Waals surface area contributed by atoms with Crippen LogP contribution >= 0.6 is 11.3 Å². The summed E-state index contributed by atoms with van der Waals surface area (Å²) in [6.07, 6.45) is 1.16. The highest BCUT2D eigenvalue weighted by atomic mass is 32.1. The van der Waals surface area contributed by atoms with Crippen molar-refractivity contribution < 1.29 is 4.74 Å². The molecule has 1 unspecified atom stereocenters. The van der Waals surface area contributed by atoms with Crippen LogP contribution in [0.4, 0.5) is 5.13 Å². The van der Waals surface area contributed by atoms with Gasteiger partial charge in [-0.05, 0) is 32.7 Å². The second kappa shape index (κ2) is 9.38. The van der Waals surface area contributed by atoms with Gasteiger partial charge in [0.25, 0.3) is 0 Å². The number of nitrogens with zero attached hydrogens (tertiary/aromatic N) is 2. The van der Waals surface area contributed by atoms with Gasteiger partial charge in [-0.1, -0.05) is 20.8 Å². The number of aromatic nitrogens is 1. The van der Waals surface area contributed by atoms with E-state index in [0.29, 0.717) is 12.0 Å². The van der Waals surface area contributed by atoms with E-state index in [-0.39, 0.29) is 0 Å². The van der Waals surface area contributed by atoms with Gasteiger partial charge in [0.15, 0.2) is 5.13 Å². The van der Waals surface area contributed by atoms with Crippen molar-refractivity contribution in [2.75, 3.05) is 38.3 Å². The molecule has 4 nitrogen and oxygen atoms in total. The monoisotopic (exact) mass is 313 g/mol. The Bertz CT molecular complexity index is 406. The topological polar surface area (TPSA) is 37.4 Å². The lowest BCUT2D eigenvalue weighted by Gasteiger charge is -2.23. The molecule has 1 aromatic heterocycles. The molecule has 0 saturated carbocycles. The minimum Gasteiger partial charge on any atom is -0.383 e. The van der Waals surface area contributed by atoms with Crippen LogP contribution in [0.15, 0.2) is 0 Å². The third-order valence-electron chi connectivity index (χ3n) is 3.34. The van der Waals surface area contributed by atoms with Crippen LogP contribution in [0.1, 0.15) is 50.7 Å². The quantitative estimate of drug-likeness (QED) is 0.716. The predicted octanol–water partition coefficient (Wildman–Crippen LogP) is 3.62. The van der Waals surface area contributed by atoms with E-state index in [1.165, 1.54) is 4.88 Å². The van der Waals surface area contributed by atoms with E-state index < -0.39 is 0 Å². The fourth-order valence-corrected chi connectivity index (χ4v) is 3.42. The number of thiazole rings is 1. The van der Waals surface area contributed by atoms with Gasteiger partial charge < -0.3 is 15.0 Å². The smallest absolute Gasteiger partial charge is 0.185 e. The highest BCUT2D eigenvalue weighted by Gasteiger charge is 2.18. The van der Waals surface area contributed by atoms with Gasteiger partial charge in [0.1, 0.15) is 0 Å². The molecule has 1 rings (SSSR count). The number of hydrogen-bond acceptors (Lipinski definition) is 5. The second-order valence-electron chi connectivity index (χ2n) is 5.95. The molecular formula is C16H31N3OS. The van der Waals surface area contributed by atoms with Crippen LogP contribution in [-0.2, 0) is 4.74 Å². The standard InChI is InChI=1S/C16H31N3OS/c1-7-8-17-13(4)15-14(5)18-16(21-15)19(9-10-20-6)11-12(2)3/h12-13,17H,7-11H2,1-6H3. The van der Waals surface area contributed by atoms with Gasteiger partial charge in [-0.15, -0.1) is 11.3 Å². The largest absolute Gasteiger partial charge is 0.383 e. The summed E-state index contributed by atoms with van der Waals surface area (Å²) in [6.45, 7) is 14.7. The number of ether oxygens (including phenoxy) is 1. The van der Waals surface area contributed by atoms with Gasteiger partial charge in [-0.2, -0.15) is 0 Å². The normalized spacial score (nSPS) is 12.9. The summed E-state index contributed by atoms with van der Waals surface area (Å²) < 4.78 is 5.24. The van der Waals surface area contributed by atoms with E-state index in [0.717, 1.165) is 43.5 Å². The highest BCUT2D eigenvalue weighted by Crippen LogP contribution is 2.31. The third kappa shape index (κ3) is 5.93. The summed E-state index contributed by atoms with van der Waals surface area (Å²) in [6, 6.07) is 0.375. The lowest BCUT2D eigenvalue weighted by atomic mass is 10.2. The Morgan fingerprint density at radius 3 is 2.62 bits per heavy atom. The molecule has 0 amide bonds. The zero-order chi connectivity index (χ0) is 15.8. The summed E-state index contributed by atoms with van der Waals surface area (Å²) in [5.74, 6) is 0.616. The first-order valence-electron chi connectivity index (χ1n) is 7.94. The molecule has 0 spiro atoms. The molecule has 1 N–H and O–H groups in total. The Balaban J connectivity index is 2.84. The minimum atomic E-state index is 0.375. The fourth-order valence-electron chi connectivity index (χ4n) is 2.29. The van der Waals surface area contributed by atoms with Crippen molar-refractivity contribution in [3.8, 4) is 0 Å². The molecule has 0 aliphatic heterocycles. The van der Waals surface area contributed by atoms with Gasteiger partial charge >= 0.3 is 0 Å². The predicted molar refractivity (Wildman–Crippen MR) is 92.5 cm³/mol. The molecule has 1 heterocycles. The fraction of sp³-hybridized carbons (Fsp3) is 0.812. The Morgan fingerprint density at radius 2 is 2.05 bits per heavy atom. The van der Waals surface area contributed by atoms with Crippen molar-refractivity contribution >= 4 is 16.5 Å². The van der Waals surface area contributed by atoms with Crippen LogP contribution in [0.5, 0.6) is 0 Å². The average molecular weight is 314 g/mol. The Hall–Kier alpha value is -0.650. The zero-order valence-corrected chi connectivity index (χ0v) is 15.2. The lowest BCUT2D eigenvalue weighted by molar-refractivity contribution is 0.204. The molecule has 21 heavy (non-hydrogen) atoms. The number of methoxy groups -OCH3 is 1. The number of anilines is 1. The molecule has 1 aromatic rings. The maximum Gasteiger partial charge on any atom is 0.185 e. The highest BCUT2D eigenvalue weighted by molar-refractivity contribution is 7.15. The number of rotatable bonds is 10. The van der Waals surface area contributed by atoms with E-state index in [1.807, 2.05) is 11.3 Å². The van der Waals surface area contributed by atoms with E-state index in [4.69, 9.17) is 9.72 Å². The van der Waals surface area contributed by atoms with Crippen molar-refractivity contribution in [2.45, 2.75) is 47.1 Å². The summed E-state index contributed by atoms with van der Waals surface area (Å²) in [5.41, 5.74) is 1.15. The van der Waals surface area contributed by atoms with Crippen molar-refractivity contribution in [2.24, 2.45) is 5.92 Å². The Morgan fingerprint density at radius 1 is 1.33 bits per heavy atom. The van der Waals surface area contributed by atoms with E-state index in [9.17, 15) is 0 Å². The summed E-state index contributed by atoms with van der Waals surface area (Å²) in [7, 11) is 1.75. The van der Waals surface area contributed by atoms with E-state index >= 15 is 0 Å². The molecule has 0 bridgehead atoms. The van der Waals surface area contributed by atoms with Crippen LogP contribution in [0, 0.1) is 12.8 Å². The summed E-state index contributed by atoms with van der Waals surface area (Å²) in [5, 5.41) is 4.68. The molecular weight excluding hydrogens is 282 g/mol. The summed E-state index contributed by atoms with van der Waals surface area (Å²) in [4.78, 5) is 8.50. The minimum absolute atomic E-state index is 0.375. The maximum absolute atomic E-state index is 5.24. The first-order valence-corrected chi connectivity index (χ1v) is 8.75. The van der Waals surface area contributed by atoms with Crippen molar-refractivity contribution in [1.29, 1.82) is 0 Å². The molecule has 0 fully saturated rings. The van der Waals surface area contributed by atoms with Crippen molar-refractivity contribution in [3.63, 3.8) is 0 Å². The first-order chi connectivity index (χ1) is 9.99. The molecule has 122 valence electrons. The van der Waals surface area contributed by atoms with Gasteiger partial charge in [0.2, 0.25) is 0 Å². The van der Waals surface area contributed by atoms with Gasteiger partial charge in [-0.3, -0.25) is 0 Å². The zero-order valence-electron chi connectivity index (χ0n) is 14.4. The molecule has 5 heteroatoms. The van der Waals surface area contributed by atoms with Gasteiger partial charge in [0.05, 0.1) is 12.3 Å². The molecule has 0 radical (unpaired) electrons. The van der Waals surface area contributed by atoms with Crippen molar-refractivity contribution in [1.82, 2.24) is 10.3 Å². The van der Waals surface area contributed by atoms with Gasteiger partial charge in [0, 0.05) is 31.1 Å². The molecule has 1 atom stereocenters. The summed E-state index contributed by atoms with van der Waals surface area (Å²) >= 11 is 1.82. The Kier molecular flexibility index (Phi) is 8.22. The number of aryl methyl sites for hydroxylation is 1. The SMILES string of the molecule is CCCNC(C)c1sc(N(CCOC)CC(C)C)nc1C. The van der Waals surface area contributed by atoms with Crippen LogP contribution < -0.4 is 10.2 Å². The third-order valence-corrected chi connectivity index (χ3v) is 4.74. The van der Waals surface area contributed by atoms with Gasteiger partial charge in [-0.25, -0.2) is 4.98 Å². The molecule has 0 aromatic carbocycles. The number of hydrogen-bond donors (Lipinski definition) is 1.